The van der Waals surface area contributed by atoms with Crippen LogP contribution in [-0.2, 0) is 4.79 Å². The van der Waals surface area contributed by atoms with Gasteiger partial charge in [0.1, 0.15) is 25.1 Å². The summed E-state index contributed by atoms with van der Waals surface area (Å²) in [6.07, 6.45) is 2.52. The van der Waals surface area contributed by atoms with Crippen molar-refractivity contribution in [1.29, 1.82) is 0 Å². The summed E-state index contributed by atoms with van der Waals surface area (Å²) in [7, 11) is 0. The number of likely N-dealkylation sites (tertiary alicyclic amines) is 1. The van der Waals surface area contributed by atoms with Crippen LogP contribution in [0.15, 0.2) is 42.5 Å². The van der Waals surface area contributed by atoms with Gasteiger partial charge in [-0.3, -0.25) is 4.79 Å². The van der Waals surface area contributed by atoms with E-state index in [1.54, 1.807) is 0 Å². The number of amides is 1. The lowest BCUT2D eigenvalue weighted by Crippen LogP contribution is -2.41. The normalized spacial score (nSPS) is 16.9. The molecule has 0 saturated carbocycles. The SMILES string of the molecule is CCC(=O)N1CCC(Oc2ccc(-c3ccc4c(c3)OCCO4)cc2)CC1. The minimum atomic E-state index is 0.172. The molecule has 5 heteroatoms. The van der Waals surface area contributed by atoms with E-state index < -0.39 is 0 Å². The molecule has 0 bridgehead atoms. The maximum Gasteiger partial charge on any atom is 0.222 e. The quantitative estimate of drug-likeness (QED) is 0.822. The minimum Gasteiger partial charge on any atom is -0.490 e. The third kappa shape index (κ3) is 4.02. The molecule has 1 saturated heterocycles. The molecule has 0 spiro atoms. The molecular weight excluding hydrogens is 342 g/mol. The number of nitrogens with zero attached hydrogens (tertiary/aromatic N) is 1. The van der Waals surface area contributed by atoms with Gasteiger partial charge in [-0.15, -0.1) is 0 Å². The summed E-state index contributed by atoms with van der Waals surface area (Å²) < 4.78 is 17.4. The number of rotatable bonds is 4. The molecular formula is C22H25NO4. The van der Waals surface area contributed by atoms with E-state index in [0.717, 1.165) is 54.3 Å². The van der Waals surface area contributed by atoms with Crippen molar-refractivity contribution in [3.63, 3.8) is 0 Å². The molecule has 0 N–H and O–H groups in total. The zero-order valence-corrected chi connectivity index (χ0v) is 15.6. The van der Waals surface area contributed by atoms with E-state index in [0.29, 0.717) is 19.6 Å². The fourth-order valence-electron chi connectivity index (χ4n) is 3.59. The predicted octanol–water partition coefficient (Wildman–Crippen LogP) is 3.90. The van der Waals surface area contributed by atoms with Gasteiger partial charge in [-0.25, -0.2) is 0 Å². The first-order chi connectivity index (χ1) is 13.2. The van der Waals surface area contributed by atoms with E-state index in [1.807, 2.05) is 42.2 Å². The molecule has 5 nitrogen and oxygen atoms in total. The van der Waals surface area contributed by atoms with Gasteiger partial charge in [-0.2, -0.15) is 0 Å². The first-order valence-corrected chi connectivity index (χ1v) is 9.67. The molecule has 2 aromatic rings. The Morgan fingerprint density at radius 3 is 2.37 bits per heavy atom. The topological polar surface area (TPSA) is 48.0 Å². The zero-order valence-electron chi connectivity index (χ0n) is 15.6. The molecule has 2 aromatic carbocycles. The zero-order chi connectivity index (χ0) is 18.6. The van der Waals surface area contributed by atoms with E-state index in [9.17, 15) is 4.79 Å². The van der Waals surface area contributed by atoms with E-state index >= 15 is 0 Å². The lowest BCUT2D eigenvalue weighted by Gasteiger charge is -2.32. The Bertz CT molecular complexity index is 794. The van der Waals surface area contributed by atoms with E-state index in [-0.39, 0.29) is 12.0 Å². The second kappa shape index (κ2) is 7.91. The Balaban J connectivity index is 1.38. The highest BCUT2D eigenvalue weighted by molar-refractivity contribution is 5.75. The molecule has 0 aliphatic carbocycles. The molecule has 2 aliphatic rings. The average Bonchev–Trinajstić information content (AvgIpc) is 2.74. The van der Waals surface area contributed by atoms with Gasteiger partial charge < -0.3 is 19.1 Å². The molecule has 142 valence electrons. The Hall–Kier alpha value is -2.69. The van der Waals surface area contributed by atoms with Gasteiger partial charge in [-0.05, 0) is 35.4 Å². The van der Waals surface area contributed by atoms with Crippen LogP contribution in [0, 0.1) is 0 Å². The fourth-order valence-corrected chi connectivity index (χ4v) is 3.59. The molecule has 0 atom stereocenters. The second-order valence-electron chi connectivity index (χ2n) is 6.93. The Kier molecular flexibility index (Phi) is 5.19. The summed E-state index contributed by atoms with van der Waals surface area (Å²) >= 11 is 0. The lowest BCUT2D eigenvalue weighted by atomic mass is 10.0. The van der Waals surface area contributed by atoms with Gasteiger partial charge in [-0.1, -0.05) is 25.1 Å². The van der Waals surface area contributed by atoms with Gasteiger partial charge >= 0.3 is 0 Å². The van der Waals surface area contributed by atoms with Crippen LogP contribution in [0.2, 0.25) is 0 Å². The van der Waals surface area contributed by atoms with Crippen LogP contribution < -0.4 is 14.2 Å². The number of carbonyl (C=O) groups is 1. The van der Waals surface area contributed by atoms with Crippen molar-refractivity contribution in [2.45, 2.75) is 32.3 Å². The number of piperidine rings is 1. The van der Waals surface area contributed by atoms with Crippen molar-refractivity contribution in [2.24, 2.45) is 0 Å². The van der Waals surface area contributed by atoms with Crippen molar-refractivity contribution < 1.29 is 19.0 Å². The summed E-state index contributed by atoms with van der Waals surface area (Å²) in [6, 6.07) is 14.2. The standard InChI is InChI=1S/C22H25NO4/c1-2-22(24)23-11-9-19(10-12-23)27-18-6-3-16(4-7-18)17-5-8-20-21(15-17)26-14-13-25-20/h3-8,15,19H,2,9-14H2,1H3. The van der Waals surface area contributed by atoms with Crippen LogP contribution in [0.1, 0.15) is 26.2 Å². The van der Waals surface area contributed by atoms with Crippen molar-refractivity contribution in [3.8, 4) is 28.4 Å². The molecule has 2 heterocycles. The highest BCUT2D eigenvalue weighted by Gasteiger charge is 2.23. The number of hydrogen-bond acceptors (Lipinski definition) is 4. The van der Waals surface area contributed by atoms with Crippen LogP contribution in [0.25, 0.3) is 11.1 Å². The van der Waals surface area contributed by atoms with Crippen molar-refractivity contribution in [2.75, 3.05) is 26.3 Å². The molecule has 0 aromatic heterocycles. The Morgan fingerprint density at radius 2 is 1.67 bits per heavy atom. The van der Waals surface area contributed by atoms with Gasteiger partial charge in [0.05, 0.1) is 0 Å². The van der Waals surface area contributed by atoms with Crippen LogP contribution in [0.5, 0.6) is 17.2 Å². The van der Waals surface area contributed by atoms with E-state index in [4.69, 9.17) is 14.2 Å². The molecule has 4 rings (SSSR count). The van der Waals surface area contributed by atoms with Gasteiger partial charge in [0.25, 0.3) is 0 Å². The summed E-state index contributed by atoms with van der Waals surface area (Å²) in [4.78, 5) is 13.7. The van der Waals surface area contributed by atoms with E-state index in [1.165, 1.54) is 0 Å². The van der Waals surface area contributed by atoms with E-state index in [2.05, 4.69) is 12.1 Å². The summed E-state index contributed by atoms with van der Waals surface area (Å²) in [5.41, 5.74) is 2.21. The fraction of sp³-hybridized carbons (Fsp3) is 0.409. The van der Waals surface area contributed by atoms with Crippen LogP contribution in [0.4, 0.5) is 0 Å². The Morgan fingerprint density at radius 1 is 1.00 bits per heavy atom. The van der Waals surface area contributed by atoms with Gasteiger partial charge in [0.2, 0.25) is 5.91 Å². The molecule has 0 unspecified atom stereocenters. The van der Waals surface area contributed by atoms with Gasteiger partial charge in [0, 0.05) is 32.4 Å². The molecule has 27 heavy (non-hydrogen) atoms. The molecule has 2 aliphatic heterocycles. The largest absolute Gasteiger partial charge is 0.490 e. The third-order valence-corrected chi connectivity index (χ3v) is 5.13. The number of carbonyl (C=O) groups excluding carboxylic acids is 1. The molecule has 1 amide bonds. The molecule has 0 radical (unpaired) electrons. The second-order valence-corrected chi connectivity index (χ2v) is 6.93. The van der Waals surface area contributed by atoms with Crippen molar-refractivity contribution in [3.05, 3.63) is 42.5 Å². The lowest BCUT2D eigenvalue weighted by molar-refractivity contribution is -0.132. The maximum atomic E-state index is 11.8. The Labute approximate surface area is 159 Å². The smallest absolute Gasteiger partial charge is 0.222 e. The van der Waals surface area contributed by atoms with Crippen molar-refractivity contribution in [1.82, 2.24) is 4.90 Å². The number of fused-ring (bicyclic) bond motifs is 1. The minimum absolute atomic E-state index is 0.172. The van der Waals surface area contributed by atoms with Gasteiger partial charge in [0.15, 0.2) is 11.5 Å². The molecule has 1 fully saturated rings. The number of ether oxygens (including phenoxy) is 3. The van der Waals surface area contributed by atoms with Crippen molar-refractivity contribution >= 4 is 5.91 Å². The number of hydrogen-bond donors (Lipinski definition) is 0. The number of benzene rings is 2. The van der Waals surface area contributed by atoms with Crippen LogP contribution in [0.3, 0.4) is 0 Å². The predicted molar refractivity (Wildman–Crippen MR) is 103 cm³/mol. The highest BCUT2D eigenvalue weighted by atomic mass is 16.6. The third-order valence-electron chi connectivity index (χ3n) is 5.13. The highest BCUT2D eigenvalue weighted by Crippen LogP contribution is 2.35. The first-order valence-electron chi connectivity index (χ1n) is 9.67. The average molecular weight is 367 g/mol. The monoisotopic (exact) mass is 367 g/mol. The maximum absolute atomic E-state index is 11.8. The summed E-state index contributed by atoms with van der Waals surface area (Å²) in [6.45, 7) is 4.67. The van der Waals surface area contributed by atoms with Crippen LogP contribution >= 0.6 is 0 Å². The first kappa shape index (κ1) is 17.7. The summed E-state index contributed by atoms with van der Waals surface area (Å²) in [5, 5.41) is 0. The summed E-state index contributed by atoms with van der Waals surface area (Å²) in [5.74, 6) is 2.71. The van der Waals surface area contributed by atoms with Crippen LogP contribution in [-0.4, -0.2) is 43.2 Å².